The van der Waals surface area contributed by atoms with Crippen LogP contribution in [0.3, 0.4) is 0 Å². The Morgan fingerprint density at radius 1 is 1.29 bits per heavy atom. The van der Waals surface area contributed by atoms with Crippen LogP contribution in [0.1, 0.15) is 6.92 Å². The van der Waals surface area contributed by atoms with E-state index in [1.54, 1.807) is 18.2 Å². The number of aromatic nitrogens is 2. The van der Waals surface area contributed by atoms with Crippen LogP contribution in [0, 0.1) is 0 Å². The van der Waals surface area contributed by atoms with Crippen LogP contribution in [0.4, 0.5) is 0 Å². The summed E-state index contributed by atoms with van der Waals surface area (Å²) in [6.45, 7) is 2.30. The molecule has 0 radical (unpaired) electrons. The second-order valence-electron chi connectivity index (χ2n) is 3.55. The van der Waals surface area contributed by atoms with E-state index in [9.17, 15) is 9.59 Å². The van der Waals surface area contributed by atoms with Crippen molar-refractivity contribution in [3.8, 4) is 11.3 Å². The van der Waals surface area contributed by atoms with Gasteiger partial charge in [-0.15, -0.1) is 0 Å². The van der Waals surface area contributed by atoms with Crippen molar-refractivity contribution >= 4 is 11.6 Å². The van der Waals surface area contributed by atoms with Gasteiger partial charge in [-0.05, 0) is 13.0 Å². The minimum absolute atomic E-state index is 0.421. The summed E-state index contributed by atoms with van der Waals surface area (Å²) < 4.78 is 1.47. The molecule has 0 aliphatic heterocycles. The molecule has 0 bridgehead atoms. The van der Waals surface area contributed by atoms with E-state index >= 15 is 0 Å². The molecule has 2 rings (SSSR count). The van der Waals surface area contributed by atoms with Gasteiger partial charge in [-0.25, -0.2) is 4.79 Å². The van der Waals surface area contributed by atoms with Gasteiger partial charge in [0.05, 0.1) is 5.69 Å². The first-order chi connectivity index (χ1) is 8.13. The number of rotatable bonds is 2. The second kappa shape index (κ2) is 4.59. The van der Waals surface area contributed by atoms with E-state index in [1.165, 1.54) is 10.6 Å². The topological polar surface area (TPSA) is 54.9 Å². The average Bonchev–Trinajstić information content (AvgIpc) is 2.28. The first-order valence-corrected chi connectivity index (χ1v) is 5.60. The zero-order valence-electron chi connectivity index (χ0n) is 9.24. The molecule has 0 aliphatic rings. The molecule has 1 aromatic heterocycles. The highest BCUT2D eigenvalue weighted by Gasteiger charge is 2.09. The van der Waals surface area contributed by atoms with Crippen LogP contribution < -0.4 is 11.2 Å². The van der Waals surface area contributed by atoms with Gasteiger partial charge in [0.25, 0.3) is 5.56 Å². The normalized spacial score (nSPS) is 10.5. The van der Waals surface area contributed by atoms with Crippen LogP contribution in [0.2, 0.25) is 5.02 Å². The lowest BCUT2D eigenvalue weighted by Gasteiger charge is -2.10. The van der Waals surface area contributed by atoms with Crippen molar-refractivity contribution in [1.82, 2.24) is 9.55 Å². The van der Waals surface area contributed by atoms with E-state index in [1.807, 2.05) is 13.0 Å². The SMILES string of the molecule is CCn1c(-c2ccccc2Cl)cc(=O)[nH]c1=O. The highest BCUT2D eigenvalue weighted by atomic mass is 35.5. The van der Waals surface area contributed by atoms with Crippen LogP contribution in [0.5, 0.6) is 0 Å². The summed E-state index contributed by atoms with van der Waals surface area (Å²) in [4.78, 5) is 25.2. The van der Waals surface area contributed by atoms with Crippen molar-refractivity contribution < 1.29 is 0 Å². The molecule has 0 saturated heterocycles. The lowest BCUT2D eigenvalue weighted by atomic mass is 10.1. The van der Waals surface area contributed by atoms with Gasteiger partial charge in [0.15, 0.2) is 0 Å². The van der Waals surface area contributed by atoms with Crippen molar-refractivity contribution in [2.45, 2.75) is 13.5 Å². The molecule has 1 heterocycles. The Kier molecular flexibility index (Phi) is 3.15. The van der Waals surface area contributed by atoms with Gasteiger partial charge < -0.3 is 0 Å². The molecule has 0 saturated carbocycles. The third-order valence-electron chi connectivity index (χ3n) is 2.50. The van der Waals surface area contributed by atoms with Crippen LogP contribution in [0.25, 0.3) is 11.3 Å². The number of benzene rings is 1. The van der Waals surface area contributed by atoms with Gasteiger partial charge in [-0.3, -0.25) is 14.3 Å². The predicted octanol–water partition coefficient (Wildman–Crippen LogP) is 1.88. The maximum atomic E-state index is 11.6. The van der Waals surface area contributed by atoms with E-state index in [4.69, 9.17) is 11.6 Å². The lowest BCUT2D eigenvalue weighted by molar-refractivity contribution is 0.702. The molecular formula is C12H11ClN2O2. The van der Waals surface area contributed by atoms with Crippen LogP contribution in [0.15, 0.2) is 39.9 Å². The van der Waals surface area contributed by atoms with Gasteiger partial charge in [0.1, 0.15) is 0 Å². The standard InChI is InChI=1S/C12H11ClN2O2/c1-2-15-10(7-11(16)14-12(15)17)8-5-3-4-6-9(8)13/h3-7H,2H2,1H3,(H,14,16,17). The fraction of sp³-hybridized carbons (Fsp3) is 0.167. The van der Waals surface area contributed by atoms with Crippen LogP contribution in [-0.2, 0) is 6.54 Å². The van der Waals surface area contributed by atoms with E-state index in [0.29, 0.717) is 22.8 Å². The highest BCUT2D eigenvalue weighted by molar-refractivity contribution is 6.33. The third-order valence-corrected chi connectivity index (χ3v) is 2.83. The maximum absolute atomic E-state index is 11.6. The number of nitrogens with zero attached hydrogens (tertiary/aromatic N) is 1. The summed E-state index contributed by atoms with van der Waals surface area (Å²) in [6.07, 6.45) is 0. The van der Waals surface area contributed by atoms with E-state index in [0.717, 1.165) is 0 Å². The number of H-pyrrole nitrogens is 1. The zero-order valence-corrected chi connectivity index (χ0v) is 9.99. The number of nitrogens with one attached hydrogen (secondary N) is 1. The Morgan fingerprint density at radius 3 is 2.65 bits per heavy atom. The minimum Gasteiger partial charge on any atom is -0.294 e. The Morgan fingerprint density at radius 2 is 2.00 bits per heavy atom. The summed E-state index contributed by atoms with van der Waals surface area (Å²) in [5, 5.41) is 0.514. The number of hydrogen-bond donors (Lipinski definition) is 1. The summed E-state index contributed by atoms with van der Waals surface area (Å²) in [5.74, 6) is 0. The molecule has 1 N–H and O–H groups in total. The Hall–Kier alpha value is -1.81. The summed E-state index contributed by atoms with van der Waals surface area (Å²) in [6, 6.07) is 8.50. The van der Waals surface area contributed by atoms with Crippen molar-refractivity contribution in [3.63, 3.8) is 0 Å². The van der Waals surface area contributed by atoms with Gasteiger partial charge in [0.2, 0.25) is 0 Å². The van der Waals surface area contributed by atoms with Crippen molar-refractivity contribution in [1.29, 1.82) is 0 Å². The Labute approximate surface area is 102 Å². The fourth-order valence-electron chi connectivity index (χ4n) is 1.73. The molecule has 4 nitrogen and oxygen atoms in total. The smallest absolute Gasteiger partial charge is 0.294 e. The predicted molar refractivity (Wildman–Crippen MR) is 67.4 cm³/mol. The quantitative estimate of drug-likeness (QED) is 0.885. The zero-order chi connectivity index (χ0) is 12.4. The molecule has 0 atom stereocenters. The van der Waals surface area contributed by atoms with E-state index in [-0.39, 0.29) is 0 Å². The number of aromatic amines is 1. The molecule has 0 fully saturated rings. The first kappa shape index (κ1) is 11.7. The molecule has 0 amide bonds. The average molecular weight is 251 g/mol. The molecule has 1 aromatic carbocycles. The number of halogens is 1. The van der Waals surface area contributed by atoms with Gasteiger partial charge in [-0.1, -0.05) is 29.8 Å². The van der Waals surface area contributed by atoms with Crippen LogP contribution >= 0.6 is 11.6 Å². The van der Waals surface area contributed by atoms with Gasteiger partial charge in [0, 0.05) is 23.2 Å². The largest absolute Gasteiger partial charge is 0.328 e. The van der Waals surface area contributed by atoms with Gasteiger partial charge >= 0.3 is 5.69 Å². The second-order valence-corrected chi connectivity index (χ2v) is 3.96. The third kappa shape index (κ3) is 2.17. The first-order valence-electron chi connectivity index (χ1n) is 5.22. The van der Waals surface area contributed by atoms with E-state index < -0.39 is 11.2 Å². The molecule has 17 heavy (non-hydrogen) atoms. The maximum Gasteiger partial charge on any atom is 0.328 e. The summed E-state index contributed by atoms with van der Waals surface area (Å²) in [7, 11) is 0. The Balaban J connectivity index is 2.80. The van der Waals surface area contributed by atoms with Crippen molar-refractivity contribution in [3.05, 3.63) is 56.2 Å². The summed E-state index contributed by atoms with van der Waals surface area (Å²) >= 11 is 6.06. The fourth-order valence-corrected chi connectivity index (χ4v) is 1.96. The molecule has 0 aliphatic carbocycles. The van der Waals surface area contributed by atoms with Gasteiger partial charge in [-0.2, -0.15) is 0 Å². The summed E-state index contributed by atoms with van der Waals surface area (Å²) in [5.41, 5.74) is 0.371. The Bertz CT molecular complexity index is 658. The molecular weight excluding hydrogens is 240 g/mol. The monoisotopic (exact) mass is 250 g/mol. The number of hydrogen-bond acceptors (Lipinski definition) is 2. The molecule has 88 valence electrons. The van der Waals surface area contributed by atoms with Crippen LogP contribution in [-0.4, -0.2) is 9.55 Å². The minimum atomic E-state index is -0.422. The van der Waals surface area contributed by atoms with E-state index in [2.05, 4.69) is 4.98 Å². The highest BCUT2D eigenvalue weighted by Crippen LogP contribution is 2.25. The lowest BCUT2D eigenvalue weighted by Crippen LogP contribution is -2.30. The van der Waals surface area contributed by atoms with Crippen molar-refractivity contribution in [2.75, 3.05) is 0 Å². The molecule has 0 unspecified atom stereocenters. The molecule has 0 spiro atoms. The molecule has 5 heteroatoms. The molecule has 2 aromatic rings. The van der Waals surface area contributed by atoms with Crippen molar-refractivity contribution in [2.24, 2.45) is 0 Å².